The van der Waals surface area contributed by atoms with Gasteiger partial charge in [0.15, 0.2) is 0 Å². The van der Waals surface area contributed by atoms with Crippen LogP contribution in [0.5, 0.6) is 0 Å². The number of imidazole rings is 2. The molecule has 0 fully saturated rings. The number of hydrogen-bond donors (Lipinski definition) is 0. The summed E-state index contributed by atoms with van der Waals surface area (Å²) in [4.78, 5) is 18.8. The first kappa shape index (κ1) is 26.5. The molecule has 220 valence electrons. The molecule has 0 N–H and O–H groups in total. The van der Waals surface area contributed by atoms with Gasteiger partial charge in [-0.05, 0) is 66.7 Å². The Morgan fingerprint density at radius 3 is 2.11 bits per heavy atom. The van der Waals surface area contributed by atoms with Crippen molar-refractivity contribution < 1.29 is 0 Å². The van der Waals surface area contributed by atoms with Crippen molar-refractivity contribution in [2.75, 3.05) is 0 Å². The fourth-order valence-electron chi connectivity index (χ4n) is 6.38. The predicted molar refractivity (Wildman–Crippen MR) is 187 cm³/mol. The summed E-state index contributed by atoms with van der Waals surface area (Å²) in [5, 5.41) is 3.34. The van der Waals surface area contributed by atoms with Gasteiger partial charge in [-0.2, -0.15) is 0 Å². The lowest BCUT2D eigenvalue weighted by Crippen LogP contribution is -1.95. The van der Waals surface area contributed by atoms with Crippen molar-refractivity contribution in [3.63, 3.8) is 0 Å². The summed E-state index contributed by atoms with van der Waals surface area (Å²) in [6, 6.07) is 34.4. The van der Waals surface area contributed by atoms with Crippen molar-refractivity contribution in [3.8, 4) is 50.3 Å². The SMILES string of the molecule is Cn1ccnc1-c1ccc2nc(-c3ccc4c5cc(-c6nccn6C)ccc5n(-c5cccc(-c6ccccn6)c5)c4c3)sc2c1. The van der Waals surface area contributed by atoms with Crippen LogP contribution in [0.2, 0.25) is 0 Å². The zero-order valence-corrected chi connectivity index (χ0v) is 26.0. The molecule has 0 aliphatic rings. The third-order valence-corrected chi connectivity index (χ3v) is 9.69. The molecule has 0 aliphatic heterocycles. The quantitative estimate of drug-likeness (QED) is 0.194. The molecule has 0 radical (unpaired) electrons. The van der Waals surface area contributed by atoms with Gasteiger partial charge in [-0.1, -0.05) is 30.3 Å². The van der Waals surface area contributed by atoms with E-state index in [-0.39, 0.29) is 0 Å². The van der Waals surface area contributed by atoms with Crippen LogP contribution in [0, 0.1) is 0 Å². The van der Waals surface area contributed by atoms with E-state index >= 15 is 0 Å². The zero-order valence-electron chi connectivity index (χ0n) is 25.2. The molecule has 5 aromatic heterocycles. The van der Waals surface area contributed by atoms with Gasteiger partial charge in [-0.3, -0.25) is 4.98 Å². The second-order valence-corrected chi connectivity index (χ2v) is 12.5. The van der Waals surface area contributed by atoms with Crippen molar-refractivity contribution in [1.29, 1.82) is 0 Å². The standard InChI is InChI=1S/C38H27N7S/c1-43-18-16-40-36(43)25-11-14-33-30(21-25)29-12-9-27(38-42-32-13-10-26(23-35(32)46-38)37-41-17-19-44(37)2)22-34(29)45(33)28-7-5-6-24(20-28)31-8-3-4-15-39-31/h3-23H,1-2H3. The number of aryl methyl sites for hydroxylation is 2. The molecule has 9 rings (SSSR count). The van der Waals surface area contributed by atoms with Crippen molar-refractivity contribution in [3.05, 3.63) is 128 Å². The van der Waals surface area contributed by atoms with Crippen molar-refractivity contribution in [2.45, 2.75) is 0 Å². The van der Waals surface area contributed by atoms with E-state index in [1.54, 1.807) is 11.3 Å². The molecule has 0 amide bonds. The van der Waals surface area contributed by atoms with Crippen molar-refractivity contribution in [2.24, 2.45) is 14.1 Å². The van der Waals surface area contributed by atoms with Gasteiger partial charge in [-0.15, -0.1) is 11.3 Å². The van der Waals surface area contributed by atoms with Crippen LogP contribution in [0.3, 0.4) is 0 Å². The van der Waals surface area contributed by atoms with Crippen LogP contribution >= 0.6 is 11.3 Å². The minimum absolute atomic E-state index is 0.941. The van der Waals surface area contributed by atoms with Crippen molar-refractivity contribution >= 4 is 43.4 Å². The minimum atomic E-state index is 0.941. The van der Waals surface area contributed by atoms with Gasteiger partial charge in [0.25, 0.3) is 0 Å². The van der Waals surface area contributed by atoms with E-state index in [4.69, 9.17) is 4.98 Å². The zero-order chi connectivity index (χ0) is 30.8. The van der Waals surface area contributed by atoms with Crippen LogP contribution in [0.15, 0.2) is 128 Å². The molecule has 8 heteroatoms. The van der Waals surface area contributed by atoms with Gasteiger partial charge in [0, 0.05) is 83.8 Å². The van der Waals surface area contributed by atoms with E-state index in [0.29, 0.717) is 0 Å². The maximum absolute atomic E-state index is 5.07. The summed E-state index contributed by atoms with van der Waals surface area (Å²) in [6.45, 7) is 0. The van der Waals surface area contributed by atoms with E-state index < -0.39 is 0 Å². The number of hydrogen-bond acceptors (Lipinski definition) is 5. The highest BCUT2D eigenvalue weighted by atomic mass is 32.1. The summed E-state index contributed by atoms with van der Waals surface area (Å²) in [6.07, 6.45) is 9.46. The molecular weight excluding hydrogens is 587 g/mol. The third-order valence-electron chi connectivity index (χ3n) is 8.63. The molecule has 0 unspecified atom stereocenters. The Labute approximate surface area is 268 Å². The molecule has 0 saturated heterocycles. The smallest absolute Gasteiger partial charge is 0.139 e. The topological polar surface area (TPSA) is 66.3 Å². The highest BCUT2D eigenvalue weighted by molar-refractivity contribution is 7.21. The number of fused-ring (bicyclic) bond motifs is 4. The molecule has 46 heavy (non-hydrogen) atoms. The van der Waals surface area contributed by atoms with Crippen LogP contribution < -0.4 is 0 Å². The van der Waals surface area contributed by atoms with Gasteiger partial charge in [-0.25, -0.2) is 15.0 Å². The first-order chi connectivity index (χ1) is 22.6. The maximum atomic E-state index is 5.07. The van der Waals surface area contributed by atoms with E-state index in [9.17, 15) is 0 Å². The normalized spacial score (nSPS) is 11.7. The van der Waals surface area contributed by atoms with Crippen LogP contribution in [0.1, 0.15) is 0 Å². The highest BCUT2D eigenvalue weighted by Gasteiger charge is 2.17. The van der Waals surface area contributed by atoms with Gasteiger partial charge < -0.3 is 13.7 Å². The maximum Gasteiger partial charge on any atom is 0.139 e. The summed E-state index contributed by atoms with van der Waals surface area (Å²) >= 11 is 1.71. The van der Waals surface area contributed by atoms with Crippen LogP contribution in [0.4, 0.5) is 0 Å². The van der Waals surface area contributed by atoms with E-state index in [1.165, 1.54) is 10.8 Å². The number of pyridine rings is 1. The lowest BCUT2D eigenvalue weighted by atomic mass is 10.1. The van der Waals surface area contributed by atoms with Gasteiger partial charge in [0.1, 0.15) is 16.7 Å². The Morgan fingerprint density at radius 1 is 0.565 bits per heavy atom. The van der Waals surface area contributed by atoms with E-state index in [1.807, 2.05) is 61.8 Å². The molecule has 0 saturated carbocycles. The lowest BCUT2D eigenvalue weighted by molar-refractivity contribution is 0.925. The first-order valence-electron chi connectivity index (χ1n) is 15.1. The average molecular weight is 614 g/mol. The van der Waals surface area contributed by atoms with E-state index in [0.717, 1.165) is 71.5 Å². The minimum Gasteiger partial charge on any atom is -0.334 e. The Bertz CT molecular complexity index is 2570. The highest BCUT2D eigenvalue weighted by Crippen LogP contribution is 2.39. The summed E-state index contributed by atoms with van der Waals surface area (Å²) in [5.74, 6) is 1.89. The Morgan fingerprint density at radius 2 is 1.35 bits per heavy atom. The number of rotatable bonds is 5. The van der Waals surface area contributed by atoms with Crippen LogP contribution in [0.25, 0.3) is 82.3 Å². The molecule has 9 aromatic rings. The number of benzene rings is 4. The Kier molecular flexibility index (Phi) is 5.97. The molecule has 4 aromatic carbocycles. The first-order valence-corrected chi connectivity index (χ1v) is 15.9. The van der Waals surface area contributed by atoms with Gasteiger partial charge in [0.2, 0.25) is 0 Å². The van der Waals surface area contributed by atoms with E-state index in [2.05, 4.69) is 109 Å². The average Bonchev–Trinajstić information content (AvgIpc) is 3.89. The number of thiazole rings is 1. The lowest BCUT2D eigenvalue weighted by Gasteiger charge is -2.11. The second-order valence-electron chi connectivity index (χ2n) is 11.5. The fourth-order valence-corrected chi connectivity index (χ4v) is 7.39. The summed E-state index contributed by atoms with van der Waals surface area (Å²) < 4.78 is 7.59. The third kappa shape index (κ3) is 4.26. The molecule has 0 bridgehead atoms. The van der Waals surface area contributed by atoms with Crippen molar-refractivity contribution in [1.82, 2.24) is 33.6 Å². The Hall–Kier alpha value is -5.86. The molecule has 5 heterocycles. The fraction of sp³-hybridized carbons (Fsp3) is 0.0526. The van der Waals surface area contributed by atoms with Gasteiger partial charge >= 0.3 is 0 Å². The molecular formula is C38H27N7S. The largest absolute Gasteiger partial charge is 0.334 e. The molecule has 0 atom stereocenters. The molecule has 0 aliphatic carbocycles. The van der Waals surface area contributed by atoms with Crippen LogP contribution in [-0.4, -0.2) is 33.6 Å². The summed E-state index contributed by atoms with van der Waals surface area (Å²) in [5.41, 5.74) is 9.59. The predicted octanol–water partition coefficient (Wildman–Crippen LogP) is 8.92. The number of nitrogens with zero attached hydrogens (tertiary/aromatic N) is 7. The number of aromatic nitrogens is 7. The molecule has 0 spiro atoms. The molecule has 7 nitrogen and oxygen atoms in total. The second kappa shape index (κ2) is 10.4. The summed E-state index contributed by atoms with van der Waals surface area (Å²) in [7, 11) is 4.05. The Balaban J connectivity index is 1.24. The van der Waals surface area contributed by atoms with Crippen LogP contribution in [-0.2, 0) is 14.1 Å². The monoisotopic (exact) mass is 613 g/mol. The van der Waals surface area contributed by atoms with Gasteiger partial charge in [0.05, 0.1) is 26.9 Å².